The van der Waals surface area contributed by atoms with Gasteiger partial charge in [-0.25, -0.2) is 9.50 Å². The standard InChI is InChI=1S/C17H18N2.C6H5BrN4/c1-4-14(2)10-11-17-13-19(18-15(17)3)12-16-8-6-5-7-9-16;7-5-2-1-4-6(8)9-3-10-11(4)5/h4-9,13H,12H2,1-3H3;1-3H,(H2,8,9,10)/b14-4-;. The predicted molar refractivity (Wildman–Crippen MR) is 124 cm³/mol. The zero-order valence-corrected chi connectivity index (χ0v) is 18.8. The summed E-state index contributed by atoms with van der Waals surface area (Å²) in [5, 5.41) is 8.48. The van der Waals surface area contributed by atoms with Gasteiger partial charge in [0.05, 0.1) is 17.8 Å². The van der Waals surface area contributed by atoms with Gasteiger partial charge in [-0.3, -0.25) is 4.68 Å². The number of nitrogens with zero attached hydrogens (tertiary/aromatic N) is 5. The largest absolute Gasteiger partial charge is 0.382 e. The van der Waals surface area contributed by atoms with Crippen molar-refractivity contribution in [1.82, 2.24) is 24.4 Å². The second kappa shape index (κ2) is 9.90. The van der Waals surface area contributed by atoms with Gasteiger partial charge in [0.25, 0.3) is 0 Å². The molecular formula is C23H23BrN6. The highest BCUT2D eigenvalue weighted by Gasteiger charge is 2.03. The fourth-order valence-corrected chi connectivity index (χ4v) is 3.07. The molecular weight excluding hydrogens is 440 g/mol. The molecule has 0 saturated carbocycles. The normalized spacial score (nSPS) is 10.9. The fraction of sp³-hybridized carbons (Fsp3) is 0.174. The van der Waals surface area contributed by atoms with Crippen molar-refractivity contribution >= 4 is 27.3 Å². The van der Waals surface area contributed by atoms with Gasteiger partial charge in [-0.05, 0) is 60.0 Å². The molecule has 4 aromatic rings. The van der Waals surface area contributed by atoms with E-state index in [1.54, 1.807) is 4.52 Å². The number of aromatic nitrogens is 5. The fourth-order valence-electron chi connectivity index (χ4n) is 2.65. The first-order chi connectivity index (χ1) is 14.5. The average Bonchev–Trinajstić information content (AvgIpc) is 3.30. The van der Waals surface area contributed by atoms with E-state index in [4.69, 9.17) is 5.73 Å². The second-order valence-corrected chi connectivity index (χ2v) is 7.44. The van der Waals surface area contributed by atoms with Gasteiger partial charge in [0.15, 0.2) is 5.82 Å². The van der Waals surface area contributed by atoms with E-state index < -0.39 is 0 Å². The molecule has 0 bridgehead atoms. The van der Waals surface area contributed by atoms with Crippen molar-refractivity contribution in [1.29, 1.82) is 0 Å². The number of anilines is 1. The molecule has 30 heavy (non-hydrogen) atoms. The van der Waals surface area contributed by atoms with E-state index in [1.165, 1.54) is 11.9 Å². The lowest BCUT2D eigenvalue weighted by Gasteiger charge is -2.00. The second-order valence-electron chi connectivity index (χ2n) is 6.63. The third-order valence-corrected chi connectivity index (χ3v) is 5.00. The van der Waals surface area contributed by atoms with Crippen LogP contribution in [0.15, 0.2) is 71.2 Å². The Labute approximate surface area is 184 Å². The van der Waals surface area contributed by atoms with Crippen LogP contribution in [0.4, 0.5) is 5.82 Å². The van der Waals surface area contributed by atoms with Crippen LogP contribution in [0.2, 0.25) is 0 Å². The lowest BCUT2D eigenvalue weighted by atomic mass is 10.2. The number of hydrogen-bond acceptors (Lipinski definition) is 4. The third-order valence-electron chi connectivity index (χ3n) is 4.40. The van der Waals surface area contributed by atoms with Crippen molar-refractivity contribution in [2.45, 2.75) is 27.3 Å². The van der Waals surface area contributed by atoms with Crippen molar-refractivity contribution in [3.63, 3.8) is 0 Å². The van der Waals surface area contributed by atoms with Crippen LogP contribution in [-0.2, 0) is 6.54 Å². The Bertz CT molecular complexity index is 1230. The zero-order chi connectivity index (χ0) is 21.5. The molecule has 2 N–H and O–H groups in total. The minimum Gasteiger partial charge on any atom is -0.382 e. The summed E-state index contributed by atoms with van der Waals surface area (Å²) in [5.41, 5.74) is 10.7. The maximum atomic E-state index is 5.58. The third kappa shape index (κ3) is 5.37. The molecule has 6 nitrogen and oxygen atoms in total. The van der Waals surface area contributed by atoms with E-state index >= 15 is 0 Å². The topological polar surface area (TPSA) is 74.0 Å². The molecule has 0 spiro atoms. The summed E-state index contributed by atoms with van der Waals surface area (Å²) in [6.45, 7) is 6.79. The maximum absolute atomic E-state index is 5.58. The molecule has 0 fully saturated rings. The smallest absolute Gasteiger partial charge is 0.151 e. The summed E-state index contributed by atoms with van der Waals surface area (Å²) in [4.78, 5) is 3.85. The Kier molecular flexibility index (Phi) is 7.04. The van der Waals surface area contributed by atoms with Crippen molar-refractivity contribution in [2.75, 3.05) is 5.73 Å². The number of halogens is 1. The molecule has 0 aliphatic rings. The Morgan fingerprint density at radius 1 is 1.20 bits per heavy atom. The molecule has 7 heteroatoms. The highest BCUT2D eigenvalue weighted by Crippen LogP contribution is 2.16. The highest BCUT2D eigenvalue weighted by molar-refractivity contribution is 9.10. The monoisotopic (exact) mass is 462 g/mol. The summed E-state index contributed by atoms with van der Waals surface area (Å²) in [7, 11) is 0. The van der Waals surface area contributed by atoms with Gasteiger partial charge < -0.3 is 5.73 Å². The van der Waals surface area contributed by atoms with E-state index in [0.717, 1.165) is 33.5 Å². The summed E-state index contributed by atoms with van der Waals surface area (Å²) in [5.74, 6) is 6.78. The molecule has 3 heterocycles. The van der Waals surface area contributed by atoms with Crippen molar-refractivity contribution in [2.24, 2.45) is 0 Å². The first kappa shape index (κ1) is 21.3. The minimum absolute atomic E-state index is 0.491. The maximum Gasteiger partial charge on any atom is 0.151 e. The number of nitrogens with two attached hydrogens (primary N) is 1. The van der Waals surface area contributed by atoms with Crippen LogP contribution in [0.3, 0.4) is 0 Å². The molecule has 0 saturated heterocycles. The molecule has 0 unspecified atom stereocenters. The first-order valence-corrected chi connectivity index (χ1v) is 10.2. The van der Waals surface area contributed by atoms with Crippen LogP contribution < -0.4 is 5.73 Å². The number of hydrogen-bond donors (Lipinski definition) is 1. The molecule has 0 aliphatic carbocycles. The zero-order valence-electron chi connectivity index (χ0n) is 17.2. The van der Waals surface area contributed by atoms with E-state index in [2.05, 4.69) is 55.1 Å². The Hall–Kier alpha value is -3.37. The Morgan fingerprint density at radius 2 is 1.97 bits per heavy atom. The summed E-state index contributed by atoms with van der Waals surface area (Å²) >= 11 is 3.32. The van der Waals surface area contributed by atoms with Crippen LogP contribution in [-0.4, -0.2) is 24.4 Å². The SMILES string of the molecule is C/C=C(/C)C#Cc1cn(Cc2ccccc2)nc1C.Nc1ncnn2c(Br)ccc12. The number of fused-ring (bicyclic) bond motifs is 1. The lowest BCUT2D eigenvalue weighted by molar-refractivity contribution is 0.679. The number of benzene rings is 1. The Balaban J connectivity index is 0.000000196. The van der Waals surface area contributed by atoms with Crippen molar-refractivity contribution in [3.8, 4) is 11.8 Å². The minimum atomic E-state index is 0.491. The van der Waals surface area contributed by atoms with E-state index in [-0.39, 0.29) is 0 Å². The molecule has 0 aliphatic heterocycles. The number of allylic oxidation sites excluding steroid dienone is 2. The van der Waals surface area contributed by atoms with Gasteiger partial charge in [-0.1, -0.05) is 48.2 Å². The Morgan fingerprint density at radius 3 is 2.67 bits per heavy atom. The van der Waals surface area contributed by atoms with Crippen molar-refractivity contribution < 1.29 is 0 Å². The summed E-state index contributed by atoms with van der Waals surface area (Å²) in [6, 6.07) is 14.1. The first-order valence-electron chi connectivity index (χ1n) is 9.44. The quantitative estimate of drug-likeness (QED) is 0.440. The van der Waals surface area contributed by atoms with E-state index in [0.29, 0.717) is 5.82 Å². The summed E-state index contributed by atoms with van der Waals surface area (Å²) in [6.07, 6.45) is 5.45. The lowest BCUT2D eigenvalue weighted by Crippen LogP contribution is -1.99. The number of rotatable bonds is 2. The van der Waals surface area contributed by atoms with E-state index in [1.807, 2.05) is 68.1 Å². The van der Waals surface area contributed by atoms with Gasteiger partial charge in [0, 0.05) is 6.20 Å². The van der Waals surface area contributed by atoms with Gasteiger partial charge in [-0.15, -0.1) is 0 Å². The van der Waals surface area contributed by atoms with Crippen molar-refractivity contribution in [3.05, 3.63) is 88.1 Å². The molecule has 3 aromatic heterocycles. The molecule has 0 atom stereocenters. The molecule has 152 valence electrons. The predicted octanol–water partition coefficient (Wildman–Crippen LogP) is 4.63. The van der Waals surface area contributed by atoms with Gasteiger partial charge >= 0.3 is 0 Å². The molecule has 0 amide bonds. The summed E-state index contributed by atoms with van der Waals surface area (Å²) < 4.78 is 4.50. The van der Waals surface area contributed by atoms with Crippen LogP contribution in [0.5, 0.6) is 0 Å². The van der Waals surface area contributed by atoms with Crippen LogP contribution >= 0.6 is 15.9 Å². The molecule has 4 rings (SSSR count). The van der Waals surface area contributed by atoms with Crippen LogP contribution in [0, 0.1) is 18.8 Å². The number of aryl methyl sites for hydroxylation is 1. The van der Waals surface area contributed by atoms with Crippen LogP contribution in [0.1, 0.15) is 30.7 Å². The average molecular weight is 463 g/mol. The number of nitrogen functional groups attached to an aromatic ring is 1. The van der Waals surface area contributed by atoms with Gasteiger partial charge in [0.2, 0.25) is 0 Å². The van der Waals surface area contributed by atoms with E-state index in [9.17, 15) is 0 Å². The molecule has 1 aromatic carbocycles. The highest BCUT2D eigenvalue weighted by atomic mass is 79.9. The van der Waals surface area contributed by atoms with Gasteiger partial charge in [0.1, 0.15) is 16.4 Å². The molecule has 0 radical (unpaired) electrons. The van der Waals surface area contributed by atoms with Crippen LogP contribution in [0.25, 0.3) is 5.52 Å². The van der Waals surface area contributed by atoms with Gasteiger partial charge in [-0.2, -0.15) is 10.2 Å².